The summed E-state index contributed by atoms with van der Waals surface area (Å²) in [7, 11) is 1.22. The highest BCUT2D eigenvalue weighted by Crippen LogP contribution is 2.55. The predicted molar refractivity (Wildman–Crippen MR) is 126 cm³/mol. The minimum absolute atomic E-state index is 0.0996. The van der Waals surface area contributed by atoms with Gasteiger partial charge < -0.3 is 5.32 Å². The minimum Gasteiger partial charge on any atom is -0.363 e. The molecule has 4 rings (SSSR count). The third kappa shape index (κ3) is 4.04. The summed E-state index contributed by atoms with van der Waals surface area (Å²) in [5.74, 6) is -1.54. The number of fused-ring (bicyclic) bond motifs is 1. The number of aryl methyl sites for hydroxylation is 1. The first-order valence-corrected chi connectivity index (χ1v) is 11.6. The Kier molecular flexibility index (Phi) is 6.48. The van der Waals surface area contributed by atoms with E-state index in [1.807, 2.05) is 0 Å². The molecular formula is C21H17Cl4F4N4O2+. The lowest BCUT2D eigenvalue weighted by Crippen LogP contribution is -2.54. The number of likely N-dealkylation sites (N-methyl/N-ethyl adjacent to an activating group) is 1. The van der Waals surface area contributed by atoms with E-state index in [1.165, 1.54) is 44.3 Å². The van der Waals surface area contributed by atoms with E-state index in [0.29, 0.717) is 0 Å². The van der Waals surface area contributed by atoms with Crippen LogP contribution < -0.4 is 9.91 Å². The van der Waals surface area contributed by atoms with E-state index in [0.717, 1.165) is 22.0 Å². The fourth-order valence-electron chi connectivity index (χ4n) is 4.46. The van der Waals surface area contributed by atoms with Gasteiger partial charge in [-0.25, -0.2) is 14.1 Å². The van der Waals surface area contributed by atoms with Crippen LogP contribution in [0.5, 0.6) is 0 Å². The van der Waals surface area contributed by atoms with Crippen molar-refractivity contribution in [1.29, 1.82) is 0 Å². The Hall–Kier alpha value is -1.82. The van der Waals surface area contributed by atoms with E-state index in [-0.39, 0.29) is 11.3 Å². The van der Waals surface area contributed by atoms with Gasteiger partial charge in [-0.2, -0.15) is 13.2 Å². The summed E-state index contributed by atoms with van der Waals surface area (Å²) in [5, 5.41) is 2.13. The molecule has 5 atom stereocenters. The van der Waals surface area contributed by atoms with Crippen molar-refractivity contribution in [3.05, 3.63) is 59.4 Å². The second-order valence-electron chi connectivity index (χ2n) is 8.10. The summed E-state index contributed by atoms with van der Waals surface area (Å²) in [5.41, 5.74) is -1.74. The van der Waals surface area contributed by atoms with Gasteiger partial charge in [0.15, 0.2) is 17.7 Å². The van der Waals surface area contributed by atoms with Crippen LogP contribution >= 0.6 is 46.4 Å². The van der Waals surface area contributed by atoms with E-state index in [4.69, 9.17) is 46.4 Å². The molecule has 2 aromatic rings. The SMILES string of the molecule is Cc1cccc(NC(C(Cl)C(Cl)(Cl)Cl)N2C3C(=O)N(C)C(=O)[N+]32c2ccccc2F)c1C(F)(F)F. The molecule has 0 radical (unpaired) electrons. The van der Waals surface area contributed by atoms with Crippen LogP contribution in [0.1, 0.15) is 11.1 Å². The van der Waals surface area contributed by atoms with Gasteiger partial charge in [-0.1, -0.05) is 63.7 Å². The number of hydrogen-bond acceptors (Lipinski definition) is 4. The molecule has 188 valence electrons. The monoisotopic (exact) mass is 573 g/mol. The van der Waals surface area contributed by atoms with Crippen LogP contribution in [0.25, 0.3) is 0 Å². The second kappa shape index (κ2) is 8.64. The number of imide groups is 1. The normalized spacial score (nSPS) is 25.9. The number of nitrogens with zero attached hydrogens (tertiary/aromatic N) is 3. The summed E-state index contributed by atoms with van der Waals surface area (Å²) in [6.07, 6.45) is -7.63. The zero-order valence-electron chi connectivity index (χ0n) is 18.0. The Morgan fingerprint density at radius 3 is 2.26 bits per heavy atom. The fourth-order valence-corrected chi connectivity index (χ4v) is 4.99. The van der Waals surface area contributed by atoms with Gasteiger partial charge in [-0.15, -0.1) is 11.6 Å². The molecule has 2 aliphatic rings. The number of amides is 3. The first kappa shape index (κ1) is 26.2. The molecule has 6 nitrogen and oxygen atoms in total. The lowest BCUT2D eigenvalue weighted by molar-refractivity contribution is -0.137. The van der Waals surface area contributed by atoms with Gasteiger partial charge >= 0.3 is 24.3 Å². The van der Waals surface area contributed by atoms with Crippen LogP contribution in [0.3, 0.4) is 0 Å². The van der Waals surface area contributed by atoms with Crippen LogP contribution in [0.4, 0.5) is 33.7 Å². The lowest BCUT2D eigenvalue weighted by Gasteiger charge is -2.31. The Labute approximate surface area is 217 Å². The molecule has 2 aromatic carbocycles. The number of quaternary nitrogens is 1. The predicted octanol–water partition coefficient (Wildman–Crippen LogP) is 6.02. The van der Waals surface area contributed by atoms with E-state index in [9.17, 15) is 27.2 Å². The largest absolute Gasteiger partial charge is 0.452 e. The van der Waals surface area contributed by atoms with Crippen LogP contribution in [-0.4, -0.2) is 50.4 Å². The Bertz CT molecular complexity index is 1210. The Balaban J connectivity index is 1.88. The number of halogens is 8. The molecule has 2 aliphatic heterocycles. The van der Waals surface area contributed by atoms with Gasteiger partial charge in [-0.05, 0) is 29.6 Å². The number of anilines is 1. The van der Waals surface area contributed by atoms with E-state index in [1.54, 1.807) is 0 Å². The zero-order chi connectivity index (χ0) is 26.1. The van der Waals surface area contributed by atoms with Gasteiger partial charge in [0.2, 0.25) is 3.79 Å². The average molecular weight is 575 g/mol. The third-order valence-corrected chi connectivity index (χ3v) is 7.61. The molecule has 5 unspecified atom stereocenters. The van der Waals surface area contributed by atoms with E-state index < -0.39 is 61.3 Å². The van der Waals surface area contributed by atoms with Crippen LogP contribution in [0, 0.1) is 12.7 Å². The molecule has 0 aliphatic carbocycles. The number of carbonyl (C=O) groups excluding carboxylic acids is 2. The minimum atomic E-state index is -4.77. The molecule has 0 saturated carbocycles. The number of rotatable bonds is 5. The van der Waals surface area contributed by atoms with E-state index in [2.05, 4.69) is 5.32 Å². The van der Waals surface area contributed by atoms with Crippen molar-refractivity contribution in [3.8, 4) is 0 Å². The van der Waals surface area contributed by atoms with Crippen molar-refractivity contribution in [2.45, 2.75) is 34.6 Å². The zero-order valence-corrected chi connectivity index (χ0v) is 21.0. The molecule has 2 heterocycles. The molecule has 2 fully saturated rings. The van der Waals surface area contributed by atoms with Gasteiger partial charge in [0.1, 0.15) is 5.38 Å². The number of benzene rings is 2. The number of hydrogen-bond donors (Lipinski definition) is 1. The van der Waals surface area contributed by atoms with Crippen LogP contribution in [0.15, 0.2) is 42.5 Å². The second-order valence-corrected chi connectivity index (χ2v) is 10.9. The number of nitrogens with one attached hydrogen (secondary N) is 1. The molecule has 3 amide bonds. The molecule has 0 spiro atoms. The topological polar surface area (TPSA) is 52.4 Å². The fraction of sp³-hybridized carbons (Fsp3) is 0.333. The molecule has 14 heteroatoms. The summed E-state index contributed by atoms with van der Waals surface area (Å²) in [4.78, 5) is 27.0. The smallest absolute Gasteiger partial charge is 0.363 e. The molecule has 1 N–H and O–H groups in total. The number of alkyl halides is 7. The maximum absolute atomic E-state index is 14.9. The van der Waals surface area contributed by atoms with Crippen molar-refractivity contribution in [3.63, 3.8) is 0 Å². The van der Waals surface area contributed by atoms with Crippen LogP contribution in [0.2, 0.25) is 0 Å². The van der Waals surface area contributed by atoms with Gasteiger partial charge in [-0.3, -0.25) is 4.79 Å². The van der Waals surface area contributed by atoms with Gasteiger partial charge in [0.25, 0.3) is 0 Å². The van der Waals surface area contributed by atoms with Crippen molar-refractivity contribution < 1.29 is 27.2 Å². The van der Waals surface area contributed by atoms with Crippen molar-refractivity contribution in [2.24, 2.45) is 0 Å². The molecular weight excluding hydrogens is 558 g/mol. The summed E-state index contributed by atoms with van der Waals surface area (Å²) < 4.78 is 53.3. The molecule has 2 saturated heterocycles. The van der Waals surface area contributed by atoms with Gasteiger partial charge in [0, 0.05) is 18.8 Å². The number of urea groups is 1. The van der Waals surface area contributed by atoms with Crippen LogP contribution in [-0.2, 0) is 11.0 Å². The summed E-state index contributed by atoms with van der Waals surface area (Å²) in [6.45, 7) is 1.27. The highest BCUT2D eigenvalue weighted by Gasteiger charge is 2.86. The highest BCUT2D eigenvalue weighted by atomic mass is 35.6. The van der Waals surface area contributed by atoms with Gasteiger partial charge in [0.05, 0.1) is 5.56 Å². The number of para-hydroxylation sites is 1. The molecule has 0 bridgehead atoms. The Morgan fingerprint density at radius 2 is 1.69 bits per heavy atom. The Morgan fingerprint density at radius 1 is 1.06 bits per heavy atom. The maximum atomic E-state index is 14.9. The third-order valence-electron chi connectivity index (χ3n) is 6.00. The first-order chi connectivity index (χ1) is 16.1. The van der Waals surface area contributed by atoms with E-state index >= 15 is 0 Å². The van der Waals surface area contributed by atoms with Crippen molar-refractivity contribution in [1.82, 2.24) is 14.5 Å². The molecule has 35 heavy (non-hydrogen) atoms. The standard InChI is InChI=1S/C21H17Cl4F4N4O2/c1-10-6-5-8-12(14(10)21(27,28)29)30-16(15(22)20(23,24)25)32-17-18(34)31(2)19(35)33(17,32)13-9-4-3-7-11(13)26/h3-9,15-17,30H,1-2H3/q+1. The van der Waals surface area contributed by atoms with Crippen molar-refractivity contribution in [2.75, 3.05) is 12.4 Å². The summed E-state index contributed by atoms with van der Waals surface area (Å²) >= 11 is 24.4. The first-order valence-electron chi connectivity index (χ1n) is 10.0. The quantitative estimate of drug-likeness (QED) is 0.156. The summed E-state index contributed by atoms with van der Waals surface area (Å²) in [6, 6.07) is 8.15. The average Bonchev–Trinajstić information content (AvgIpc) is 3.39. The molecule has 0 aromatic heterocycles. The lowest BCUT2D eigenvalue weighted by atomic mass is 10.1. The highest BCUT2D eigenvalue weighted by molar-refractivity contribution is 6.70. The number of carbonyl (C=O) groups is 2. The van der Waals surface area contributed by atoms with Crippen molar-refractivity contribution >= 4 is 69.7 Å². The maximum Gasteiger partial charge on any atom is 0.452 e.